The average Bonchev–Trinajstić information content (AvgIpc) is 2.36. The molecule has 0 saturated carbocycles. The highest BCUT2D eigenvalue weighted by molar-refractivity contribution is 5.54. The Kier molecular flexibility index (Phi) is 6.13. The number of hydrogen-bond donors (Lipinski definition) is 1. The van der Waals surface area contributed by atoms with E-state index in [1.165, 1.54) is 6.07 Å². The van der Waals surface area contributed by atoms with Gasteiger partial charge >= 0.3 is 0 Å². The highest BCUT2D eigenvalue weighted by Crippen LogP contribution is 2.26. The lowest BCUT2D eigenvalue weighted by molar-refractivity contribution is 0.561. The normalized spacial score (nSPS) is 12.5. The summed E-state index contributed by atoms with van der Waals surface area (Å²) in [5, 5.41) is 3.42. The molecule has 1 N–H and O–H groups in total. The molecule has 0 radical (unpaired) electrons. The van der Waals surface area contributed by atoms with Crippen molar-refractivity contribution >= 4 is 5.69 Å². The van der Waals surface area contributed by atoms with Crippen LogP contribution in [0.4, 0.5) is 10.1 Å². The van der Waals surface area contributed by atoms with E-state index in [-0.39, 0.29) is 11.9 Å². The third-order valence-electron chi connectivity index (χ3n) is 3.13. The summed E-state index contributed by atoms with van der Waals surface area (Å²) in [7, 11) is 2.06. The predicted octanol–water partition coefficient (Wildman–Crippen LogP) is 3.73. The lowest BCUT2D eigenvalue weighted by Crippen LogP contribution is -2.24. The molecular formula is C15H25FN2. The van der Waals surface area contributed by atoms with Crippen molar-refractivity contribution in [3.63, 3.8) is 0 Å². The van der Waals surface area contributed by atoms with Gasteiger partial charge in [-0.3, -0.25) is 0 Å². The number of anilines is 1. The zero-order valence-electron chi connectivity index (χ0n) is 12.0. The fraction of sp³-hybridized carbons (Fsp3) is 0.600. The van der Waals surface area contributed by atoms with Gasteiger partial charge in [0.2, 0.25) is 0 Å². The van der Waals surface area contributed by atoms with Crippen LogP contribution in [0.3, 0.4) is 0 Å². The quantitative estimate of drug-likeness (QED) is 0.795. The molecule has 102 valence electrons. The molecule has 0 spiro atoms. The second kappa shape index (κ2) is 7.37. The molecule has 1 atom stereocenters. The van der Waals surface area contributed by atoms with Crippen LogP contribution in [0.2, 0.25) is 0 Å². The molecule has 0 heterocycles. The van der Waals surface area contributed by atoms with Crippen molar-refractivity contribution in [2.24, 2.45) is 0 Å². The van der Waals surface area contributed by atoms with Gasteiger partial charge < -0.3 is 10.2 Å². The molecule has 0 aliphatic heterocycles. The molecule has 3 heteroatoms. The van der Waals surface area contributed by atoms with Crippen LogP contribution in [0.5, 0.6) is 0 Å². The van der Waals surface area contributed by atoms with Gasteiger partial charge in [0.15, 0.2) is 0 Å². The third-order valence-corrected chi connectivity index (χ3v) is 3.13. The molecule has 1 aromatic rings. The molecular weight excluding hydrogens is 227 g/mol. The Labute approximate surface area is 110 Å². The van der Waals surface area contributed by atoms with Crippen LogP contribution in [-0.4, -0.2) is 20.1 Å². The van der Waals surface area contributed by atoms with Crippen molar-refractivity contribution < 1.29 is 4.39 Å². The van der Waals surface area contributed by atoms with Crippen molar-refractivity contribution in [1.82, 2.24) is 5.32 Å². The fourth-order valence-corrected chi connectivity index (χ4v) is 2.15. The van der Waals surface area contributed by atoms with E-state index in [0.717, 1.165) is 37.2 Å². The fourth-order valence-electron chi connectivity index (χ4n) is 2.15. The molecule has 1 unspecified atom stereocenters. The lowest BCUT2D eigenvalue weighted by Gasteiger charge is -2.25. The van der Waals surface area contributed by atoms with E-state index in [2.05, 4.69) is 38.0 Å². The van der Waals surface area contributed by atoms with Gasteiger partial charge in [-0.05, 0) is 50.1 Å². The maximum atomic E-state index is 13.4. The molecule has 0 saturated heterocycles. The first-order valence-electron chi connectivity index (χ1n) is 6.84. The summed E-state index contributed by atoms with van der Waals surface area (Å²) >= 11 is 0. The van der Waals surface area contributed by atoms with E-state index in [0.29, 0.717) is 0 Å². The van der Waals surface area contributed by atoms with Gasteiger partial charge in [0, 0.05) is 25.3 Å². The third kappa shape index (κ3) is 3.98. The number of rotatable bonds is 7. The molecule has 0 amide bonds. The van der Waals surface area contributed by atoms with E-state index >= 15 is 0 Å². The Morgan fingerprint density at radius 2 is 2.00 bits per heavy atom. The summed E-state index contributed by atoms with van der Waals surface area (Å²) in [5.74, 6) is -0.163. The number of nitrogens with zero attached hydrogens (tertiary/aromatic N) is 1. The van der Waals surface area contributed by atoms with E-state index in [1.54, 1.807) is 6.07 Å². The van der Waals surface area contributed by atoms with Gasteiger partial charge in [0.05, 0.1) is 0 Å². The first-order valence-corrected chi connectivity index (χ1v) is 6.84. The van der Waals surface area contributed by atoms with Crippen molar-refractivity contribution in [3.8, 4) is 0 Å². The second-order valence-corrected chi connectivity index (χ2v) is 4.80. The van der Waals surface area contributed by atoms with E-state index in [9.17, 15) is 4.39 Å². The average molecular weight is 252 g/mol. The van der Waals surface area contributed by atoms with Crippen LogP contribution >= 0.6 is 0 Å². The Balaban J connectivity index is 2.95. The Morgan fingerprint density at radius 1 is 1.28 bits per heavy atom. The molecule has 0 bridgehead atoms. The van der Waals surface area contributed by atoms with Crippen LogP contribution in [0.15, 0.2) is 18.2 Å². The topological polar surface area (TPSA) is 15.3 Å². The smallest absolute Gasteiger partial charge is 0.123 e. The van der Waals surface area contributed by atoms with E-state index in [1.807, 2.05) is 6.07 Å². The lowest BCUT2D eigenvalue weighted by atomic mass is 10.0. The Morgan fingerprint density at radius 3 is 2.61 bits per heavy atom. The highest BCUT2D eigenvalue weighted by atomic mass is 19.1. The van der Waals surface area contributed by atoms with Crippen LogP contribution in [0.25, 0.3) is 0 Å². The van der Waals surface area contributed by atoms with Gasteiger partial charge in [-0.2, -0.15) is 0 Å². The molecule has 0 aromatic heterocycles. The summed E-state index contributed by atoms with van der Waals surface area (Å²) < 4.78 is 13.4. The van der Waals surface area contributed by atoms with E-state index in [4.69, 9.17) is 0 Å². The Hall–Kier alpha value is -1.09. The molecule has 0 fully saturated rings. The molecule has 0 aliphatic rings. The summed E-state index contributed by atoms with van der Waals surface area (Å²) in [6.45, 7) is 8.31. The van der Waals surface area contributed by atoms with Gasteiger partial charge in [-0.15, -0.1) is 0 Å². The minimum absolute atomic E-state index is 0.163. The molecule has 1 rings (SSSR count). The van der Waals surface area contributed by atoms with Crippen LogP contribution in [0.1, 0.15) is 45.2 Å². The maximum absolute atomic E-state index is 13.4. The number of nitrogens with one attached hydrogen (secondary N) is 1. The molecule has 2 nitrogen and oxygen atoms in total. The number of hydrogen-bond acceptors (Lipinski definition) is 2. The van der Waals surface area contributed by atoms with Crippen molar-refractivity contribution in [2.75, 3.05) is 25.0 Å². The first-order chi connectivity index (χ1) is 8.60. The largest absolute Gasteiger partial charge is 0.374 e. The predicted molar refractivity (Wildman–Crippen MR) is 76.7 cm³/mol. The van der Waals surface area contributed by atoms with Crippen molar-refractivity contribution in [1.29, 1.82) is 0 Å². The van der Waals surface area contributed by atoms with Gasteiger partial charge in [0.25, 0.3) is 0 Å². The minimum atomic E-state index is -0.163. The van der Waals surface area contributed by atoms with Crippen LogP contribution in [-0.2, 0) is 0 Å². The highest BCUT2D eigenvalue weighted by Gasteiger charge is 2.13. The summed E-state index contributed by atoms with van der Waals surface area (Å²) in [6, 6.07) is 5.24. The minimum Gasteiger partial charge on any atom is -0.374 e. The standard InChI is InChI=1S/C15H25FN2/c1-5-9-17-12(3)14-11-13(16)7-8-15(14)18(4)10-6-2/h7-8,11-12,17H,5-6,9-10H2,1-4H3. The SMILES string of the molecule is CCCNC(C)c1cc(F)ccc1N(C)CCC. The summed E-state index contributed by atoms with van der Waals surface area (Å²) in [6.07, 6.45) is 2.17. The van der Waals surface area contributed by atoms with Gasteiger partial charge in [0.1, 0.15) is 5.82 Å². The molecule has 0 aliphatic carbocycles. The maximum Gasteiger partial charge on any atom is 0.123 e. The molecule has 1 aromatic carbocycles. The summed E-state index contributed by atoms with van der Waals surface area (Å²) in [5.41, 5.74) is 2.16. The van der Waals surface area contributed by atoms with Crippen molar-refractivity contribution in [2.45, 2.75) is 39.7 Å². The van der Waals surface area contributed by atoms with Gasteiger partial charge in [-0.1, -0.05) is 13.8 Å². The number of benzene rings is 1. The monoisotopic (exact) mass is 252 g/mol. The molecule has 18 heavy (non-hydrogen) atoms. The van der Waals surface area contributed by atoms with Gasteiger partial charge in [-0.25, -0.2) is 4.39 Å². The van der Waals surface area contributed by atoms with Crippen LogP contribution in [0, 0.1) is 5.82 Å². The summed E-state index contributed by atoms with van der Waals surface area (Å²) in [4.78, 5) is 2.19. The zero-order chi connectivity index (χ0) is 13.5. The van der Waals surface area contributed by atoms with Crippen LogP contribution < -0.4 is 10.2 Å². The Bertz CT molecular complexity index is 366. The second-order valence-electron chi connectivity index (χ2n) is 4.80. The van der Waals surface area contributed by atoms with E-state index < -0.39 is 0 Å². The number of halogens is 1. The van der Waals surface area contributed by atoms with Crippen molar-refractivity contribution in [3.05, 3.63) is 29.6 Å². The first kappa shape index (κ1) is 15.0. The zero-order valence-corrected chi connectivity index (χ0v) is 12.0.